The van der Waals surface area contributed by atoms with Crippen molar-refractivity contribution in [1.29, 1.82) is 0 Å². The minimum atomic E-state index is 0.0436. The van der Waals surface area contributed by atoms with Crippen LogP contribution in [0.4, 0.5) is 11.4 Å². The molecule has 0 aromatic heterocycles. The van der Waals surface area contributed by atoms with Crippen LogP contribution in [0.2, 0.25) is 0 Å². The Morgan fingerprint density at radius 3 is 2.58 bits per heavy atom. The van der Waals surface area contributed by atoms with E-state index in [1.807, 2.05) is 18.2 Å². The van der Waals surface area contributed by atoms with Crippen molar-refractivity contribution in [3.8, 4) is 0 Å². The van der Waals surface area contributed by atoms with Crippen LogP contribution in [0.1, 0.15) is 33.6 Å². The van der Waals surface area contributed by atoms with E-state index in [0.717, 1.165) is 29.1 Å². The van der Waals surface area contributed by atoms with Gasteiger partial charge in [-0.1, -0.05) is 26.0 Å². The summed E-state index contributed by atoms with van der Waals surface area (Å²) in [6.45, 7) is 6.38. The molecule has 1 atom stereocenters. The molecule has 3 heteroatoms. The van der Waals surface area contributed by atoms with Gasteiger partial charge in [0.2, 0.25) is 0 Å². The van der Waals surface area contributed by atoms with E-state index < -0.39 is 0 Å². The Morgan fingerprint density at radius 1 is 1.16 bits per heavy atom. The van der Waals surface area contributed by atoms with Crippen LogP contribution >= 0.6 is 0 Å². The summed E-state index contributed by atoms with van der Waals surface area (Å²) >= 11 is 0. The van der Waals surface area contributed by atoms with Crippen molar-refractivity contribution in [1.82, 2.24) is 0 Å². The molecule has 1 aliphatic heterocycles. The number of Topliss-reactive ketones (excluding diaryl/α,β-unsaturated/α-hetero) is 1. The number of anilines is 2. The molecular formula is C16H20N2O. The normalized spacial score (nSPS) is 24.8. The largest absolute Gasteiger partial charge is 0.377 e. The first-order chi connectivity index (χ1) is 8.96. The van der Waals surface area contributed by atoms with Gasteiger partial charge in [0.05, 0.1) is 17.4 Å². The molecule has 0 saturated carbocycles. The molecule has 0 unspecified atom stereocenters. The summed E-state index contributed by atoms with van der Waals surface area (Å²) in [5.41, 5.74) is 4.18. The number of rotatable bonds is 0. The number of carbonyl (C=O) groups excluding carboxylic acids is 1. The molecule has 0 amide bonds. The second-order valence-electron chi connectivity index (χ2n) is 6.37. The third-order valence-corrected chi connectivity index (χ3v) is 3.94. The van der Waals surface area contributed by atoms with Gasteiger partial charge in [-0.25, -0.2) is 0 Å². The van der Waals surface area contributed by atoms with Gasteiger partial charge >= 0.3 is 0 Å². The van der Waals surface area contributed by atoms with E-state index in [1.54, 1.807) is 0 Å². The highest BCUT2D eigenvalue weighted by Gasteiger charge is 2.36. The molecule has 2 aliphatic rings. The molecule has 0 fully saturated rings. The number of hydrogen-bond donors (Lipinski definition) is 2. The SMILES string of the molecule is C[C@@H]1Nc2ccccc2NC2=C1C(=O)CC(C)(C)C2. The zero-order chi connectivity index (χ0) is 13.6. The lowest BCUT2D eigenvalue weighted by Crippen LogP contribution is -2.33. The Labute approximate surface area is 114 Å². The molecule has 0 bridgehead atoms. The zero-order valence-electron chi connectivity index (χ0n) is 11.7. The standard InChI is InChI=1S/C16H20N2O/c1-10-15-13(8-16(2,3)9-14(15)19)18-12-7-5-4-6-11(12)17-10/h4-7,10,17-18H,8-9H2,1-3H3/t10-/m0/s1. The topological polar surface area (TPSA) is 41.1 Å². The quantitative estimate of drug-likeness (QED) is 0.745. The molecular weight excluding hydrogens is 236 g/mol. The highest BCUT2D eigenvalue weighted by atomic mass is 16.1. The van der Waals surface area contributed by atoms with Gasteiger partial charge < -0.3 is 10.6 Å². The van der Waals surface area contributed by atoms with Crippen molar-refractivity contribution in [2.75, 3.05) is 10.6 Å². The number of fused-ring (bicyclic) bond motifs is 1. The minimum Gasteiger partial charge on any atom is -0.377 e. The molecule has 100 valence electrons. The number of nitrogens with one attached hydrogen (secondary N) is 2. The Kier molecular flexibility index (Phi) is 2.66. The molecule has 1 aromatic carbocycles. The second kappa shape index (κ2) is 4.12. The first kappa shape index (κ1) is 12.3. The summed E-state index contributed by atoms with van der Waals surface area (Å²) in [7, 11) is 0. The van der Waals surface area contributed by atoms with Crippen LogP contribution in [-0.4, -0.2) is 11.8 Å². The van der Waals surface area contributed by atoms with Crippen molar-refractivity contribution in [3.63, 3.8) is 0 Å². The lowest BCUT2D eigenvalue weighted by molar-refractivity contribution is -0.118. The molecule has 3 nitrogen and oxygen atoms in total. The maximum Gasteiger partial charge on any atom is 0.163 e. The van der Waals surface area contributed by atoms with Gasteiger partial charge in [0, 0.05) is 17.7 Å². The number of ketones is 1. The van der Waals surface area contributed by atoms with E-state index in [0.29, 0.717) is 6.42 Å². The van der Waals surface area contributed by atoms with Gasteiger partial charge in [-0.05, 0) is 30.9 Å². The fourth-order valence-corrected chi connectivity index (χ4v) is 3.13. The van der Waals surface area contributed by atoms with E-state index >= 15 is 0 Å². The highest BCUT2D eigenvalue weighted by molar-refractivity contribution is 6.00. The van der Waals surface area contributed by atoms with Crippen LogP contribution in [-0.2, 0) is 4.79 Å². The first-order valence-electron chi connectivity index (χ1n) is 6.85. The van der Waals surface area contributed by atoms with Gasteiger partial charge in [-0.2, -0.15) is 0 Å². The van der Waals surface area contributed by atoms with E-state index in [1.165, 1.54) is 0 Å². The second-order valence-corrected chi connectivity index (χ2v) is 6.37. The minimum absolute atomic E-state index is 0.0436. The number of allylic oxidation sites excluding steroid dienone is 1. The van der Waals surface area contributed by atoms with E-state index in [-0.39, 0.29) is 17.2 Å². The van der Waals surface area contributed by atoms with Gasteiger partial charge in [0.25, 0.3) is 0 Å². The van der Waals surface area contributed by atoms with Crippen molar-refractivity contribution in [2.24, 2.45) is 5.41 Å². The van der Waals surface area contributed by atoms with Crippen LogP contribution < -0.4 is 10.6 Å². The lowest BCUT2D eigenvalue weighted by Gasteiger charge is -2.33. The first-order valence-corrected chi connectivity index (χ1v) is 6.85. The predicted molar refractivity (Wildman–Crippen MR) is 78.2 cm³/mol. The molecule has 1 aromatic rings. The Hall–Kier alpha value is -1.77. The third kappa shape index (κ3) is 2.14. The van der Waals surface area contributed by atoms with Crippen molar-refractivity contribution >= 4 is 17.2 Å². The van der Waals surface area contributed by atoms with Crippen LogP contribution in [0.25, 0.3) is 0 Å². The molecule has 2 N–H and O–H groups in total. The maximum atomic E-state index is 12.4. The average molecular weight is 256 g/mol. The number of hydrogen-bond acceptors (Lipinski definition) is 3. The summed E-state index contributed by atoms with van der Waals surface area (Å²) in [6.07, 6.45) is 1.56. The number of para-hydroxylation sites is 2. The summed E-state index contributed by atoms with van der Waals surface area (Å²) in [5, 5.41) is 6.91. The average Bonchev–Trinajstić information content (AvgIpc) is 2.42. The smallest absolute Gasteiger partial charge is 0.163 e. The van der Waals surface area contributed by atoms with E-state index in [9.17, 15) is 4.79 Å². The van der Waals surface area contributed by atoms with Crippen LogP contribution in [0.5, 0.6) is 0 Å². The van der Waals surface area contributed by atoms with Crippen LogP contribution in [0.3, 0.4) is 0 Å². The summed E-state index contributed by atoms with van der Waals surface area (Å²) < 4.78 is 0. The zero-order valence-corrected chi connectivity index (χ0v) is 11.7. The molecule has 3 rings (SSSR count). The summed E-state index contributed by atoms with van der Waals surface area (Å²) in [6, 6.07) is 8.19. The fourth-order valence-electron chi connectivity index (χ4n) is 3.13. The monoisotopic (exact) mass is 256 g/mol. The molecule has 0 spiro atoms. The third-order valence-electron chi connectivity index (χ3n) is 3.94. The van der Waals surface area contributed by atoms with Crippen LogP contribution in [0.15, 0.2) is 35.5 Å². The maximum absolute atomic E-state index is 12.4. The molecule has 0 radical (unpaired) electrons. The summed E-state index contributed by atoms with van der Waals surface area (Å²) in [5.74, 6) is 0.270. The van der Waals surface area contributed by atoms with Crippen molar-refractivity contribution in [3.05, 3.63) is 35.5 Å². The molecule has 0 saturated heterocycles. The highest BCUT2D eigenvalue weighted by Crippen LogP contribution is 2.41. The van der Waals surface area contributed by atoms with Gasteiger partial charge in [0.1, 0.15) is 0 Å². The van der Waals surface area contributed by atoms with Gasteiger partial charge in [-0.3, -0.25) is 4.79 Å². The van der Waals surface area contributed by atoms with Crippen LogP contribution in [0, 0.1) is 5.41 Å². The lowest BCUT2D eigenvalue weighted by atomic mass is 9.74. The molecule has 1 heterocycles. The van der Waals surface area contributed by atoms with E-state index in [2.05, 4.69) is 37.5 Å². The van der Waals surface area contributed by atoms with Gasteiger partial charge in [-0.15, -0.1) is 0 Å². The fraction of sp³-hybridized carbons (Fsp3) is 0.438. The molecule has 19 heavy (non-hydrogen) atoms. The molecule has 1 aliphatic carbocycles. The summed E-state index contributed by atoms with van der Waals surface area (Å²) in [4.78, 5) is 12.4. The van der Waals surface area contributed by atoms with E-state index in [4.69, 9.17) is 0 Å². The van der Waals surface area contributed by atoms with Crippen molar-refractivity contribution < 1.29 is 4.79 Å². The van der Waals surface area contributed by atoms with Gasteiger partial charge in [0.15, 0.2) is 5.78 Å². The number of carbonyl (C=O) groups is 1. The van der Waals surface area contributed by atoms with Crippen molar-refractivity contribution in [2.45, 2.75) is 39.7 Å². The Morgan fingerprint density at radius 2 is 1.84 bits per heavy atom. The Balaban J connectivity index is 2.07. The number of benzene rings is 1. The Bertz CT molecular complexity index is 572. The predicted octanol–water partition coefficient (Wildman–Crippen LogP) is 3.56.